The minimum Gasteiger partial charge on any atom is -0.358 e. The third-order valence-corrected chi connectivity index (χ3v) is 3.97. The summed E-state index contributed by atoms with van der Waals surface area (Å²) in [6.07, 6.45) is 0. The summed E-state index contributed by atoms with van der Waals surface area (Å²) in [5.41, 5.74) is 3.95. The molecule has 1 aromatic carbocycles. The zero-order valence-electron chi connectivity index (χ0n) is 11.7. The maximum Gasteiger partial charge on any atom is 0.256 e. The Labute approximate surface area is 130 Å². The first-order chi connectivity index (χ1) is 10.0. The molecule has 5 heteroatoms. The molecule has 0 aliphatic rings. The van der Waals surface area contributed by atoms with Crippen LogP contribution < -0.4 is 5.32 Å². The molecule has 2 N–H and O–H groups in total. The fourth-order valence-corrected chi connectivity index (χ4v) is 2.61. The highest BCUT2D eigenvalue weighted by molar-refractivity contribution is 9.10. The summed E-state index contributed by atoms with van der Waals surface area (Å²) in [4.78, 5) is 19.8. The number of hydrogen-bond acceptors (Lipinski definition) is 2. The van der Waals surface area contributed by atoms with Crippen molar-refractivity contribution in [1.29, 1.82) is 0 Å². The molecule has 3 aromatic rings. The molecule has 3 rings (SSSR count). The van der Waals surface area contributed by atoms with E-state index in [4.69, 9.17) is 0 Å². The number of aromatic amines is 1. The number of halogens is 1. The van der Waals surface area contributed by atoms with E-state index in [0.29, 0.717) is 16.0 Å². The molecule has 0 saturated heterocycles. The molecule has 0 bridgehead atoms. The lowest BCUT2D eigenvalue weighted by atomic mass is 10.1. The van der Waals surface area contributed by atoms with Gasteiger partial charge >= 0.3 is 0 Å². The van der Waals surface area contributed by atoms with E-state index >= 15 is 0 Å². The van der Waals surface area contributed by atoms with E-state index in [0.717, 1.165) is 16.6 Å². The van der Waals surface area contributed by atoms with Crippen molar-refractivity contribution in [3.8, 4) is 0 Å². The number of rotatable bonds is 2. The van der Waals surface area contributed by atoms with Gasteiger partial charge in [0, 0.05) is 22.2 Å². The monoisotopic (exact) mass is 343 g/mol. The molecule has 0 atom stereocenters. The highest BCUT2D eigenvalue weighted by Gasteiger charge is 2.10. The fraction of sp³-hybridized carbons (Fsp3) is 0.125. The summed E-state index contributed by atoms with van der Waals surface area (Å²) in [6, 6.07) is 11.0. The molecule has 2 aromatic heterocycles. The number of anilines is 1. The molecule has 0 aliphatic carbocycles. The van der Waals surface area contributed by atoms with Crippen LogP contribution in [0.25, 0.3) is 10.9 Å². The summed E-state index contributed by atoms with van der Waals surface area (Å²) in [7, 11) is 0. The molecule has 0 aliphatic heterocycles. The van der Waals surface area contributed by atoms with E-state index in [9.17, 15) is 4.79 Å². The Morgan fingerprint density at radius 2 is 2.05 bits per heavy atom. The molecule has 0 unspecified atom stereocenters. The zero-order chi connectivity index (χ0) is 15.0. The molecule has 0 spiro atoms. The number of fused-ring (bicyclic) bond motifs is 1. The van der Waals surface area contributed by atoms with E-state index < -0.39 is 0 Å². The first kappa shape index (κ1) is 13.8. The average molecular weight is 344 g/mol. The van der Waals surface area contributed by atoms with Crippen LogP contribution in [0.1, 0.15) is 21.6 Å². The molecule has 106 valence electrons. The molecule has 4 nitrogen and oxygen atoms in total. The van der Waals surface area contributed by atoms with Crippen molar-refractivity contribution in [3.63, 3.8) is 0 Å². The number of pyridine rings is 1. The Balaban J connectivity index is 1.92. The summed E-state index contributed by atoms with van der Waals surface area (Å²) < 4.78 is 0.688. The third-order valence-electron chi connectivity index (χ3n) is 3.53. The number of nitrogens with one attached hydrogen (secondary N) is 2. The quantitative estimate of drug-likeness (QED) is 0.685. The number of nitrogens with zero attached hydrogens (tertiary/aromatic N) is 1. The van der Waals surface area contributed by atoms with Crippen LogP contribution in [0.3, 0.4) is 0 Å². The van der Waals surface area contributed by atoms with E-state index in [-0.39, 0.29) is 5.91 Å². The molecule has 21 heavy (non-hydrogen) atoms. The number of hydrogen-bond donors (Lipinski definition) is 2. The number of carbonyl (C=O) groups is 1. The number of benzene rings is 1. The van der Waals surface area contributed by atoms with E-state index in [1.165, 1.54) is 5.56 Å². The standard InChI is InChI=1S/C16H14BrN3O/c1-9-10(2)18-13-7-6-11(8-12(9)13)16(21)20-15-5-3-4-14(17)19-15/h3-8,18H,1-2H3,(H,19,20,21). The summed E-state index contributed by atoms with van der Waals surface area (Å²) in [5.74, 6) is 0.359. The Bertz CT molecular complexity index is 839. The Hall–Kier alpha value is -2.14. The highest BCUT2D eigenvalue weighted by atomic mass is 79.9. The molecule has 0 radical (unpaired) electrons. The van der Waals surface area contributed by atoms with Crippen molar-refractivity contribution in [2.75, 3.05) is 5.32 Å². The maximum absolute atomic E-state index is 12.3. The molecule has 2 heterocycles. The van der Waals surface area contributed by atoms with Gasteiger partial charge < -0.3 is 10.3 Å². The second-order valence-corrected chi connectivity index (χ2v) is 5.75. The normalized spacial score (nSPS) is 10.8. The van der Waals surface area contributed by atoms with Gasteiger partial charge in [0.25, 0.3) is 5.91 Å². The Kier molecular flexibility index (Phi) is 3.51. The predicted octanol–water partition coefficient (Wildman–Crippen LogP) is 4.19. The van der Waals surface area contributed by atoms with Crippen LogP contribution in [0, 0.1) is 13.8 Å². The van der Waals surface area contributed by atoms with Crippen LogP contribution in [-0.2, 0) is 0 Å². The van der Waals surface area contributed by atoms with Gasteiger partial charge in [-0.05, 0) is 65.7 Å². The Morgan fingerprint density at radius 3 is 2.81 bits per heavy atom. The first-order valence-corrected chi connectivity index (χ1v) is 7.37. The fourth-order valence-electron chi connectivity index (χ4n) is 2.27. The van der Waals surface area contributed by atoms with E-state index in [1.807, 2.05) is 44.2 Å². The van der Waals surface area contributed by atoms with Gasteiger partial charge in [-0.2, -0.15) is 0 Å². The smallest absolute Gasteiger partial charge is 0.256 e. The second kappa shape index (κ2) is 5.33. The molecule has 0 fully saturated rings. The van der Waals surface area contributed by atoms with Gasteiger partial charge in [0.1, 0.15) is 10.4 Å². The topological polar surface area (TPSA) is 57.8 Å². The summed E-state index contributed by atoms with van der Waals surface area (Å²) in [6.45, 7) is 4.08. The predicted molar refractivity (Wildman–Crippen MR) is 87.7 cm³/mol. The SMILES string of the molecule is Cc1[nH]c2ccc(C(=O)Nc3cccc(Br)n3)cc2c1C. The van der Waals surface area contributed by atoms with Crippen molar-refractivity contribution in [2.24, 2.45) is 0 Å². The van der Waals surface area contributed by atoms with Crippen LogP contribution in [-0.4, -0.2) is 15.9 Å². The first-order valence-electron chi connectivity index (χ1n) is 6.57. The maximum atomic E-state index is 12.3. The lowest BCUT2D eigenvalue weighted by Crippen LogP contribution is -2.12. The van der Waals surface area contributed by atoms with Crippen LogP contribution in [0.15, 0.2) is 41.0 Å². The van der Waals surface area contributed by atoms with Gasteiger partial charge in [-0.3, -0.25) is 4.79 Å². The van der Waals surface area contributed by atoms with Crippen molar-refractivity contribution >= 4 is 38.6 Å². The summed E-state index contributed by atoms with van der Waals surface area (Å²) in [5, 5.41) is 3.87. The van der Waals surface area contributed by atoms with Crippen LogP contribution in [0.5, 0.6) is 0 Å². The third kappa shape index (κ3) is 2.69. The van der Waals surface area contributed by atoms with Crippen molar-refractivity contribution in [2.45, 2.75) is 13.8 Å². The zero-order valence-corrected chi connectivity index (χ0v) is 13.3. The number of aryl methyl sites for hydroxylation is 2. The lowest BCUT2D eigenvalue weighted by molar-refractivity contribution is 0.102. The van der Waals surface area contributed by atoms with Crippen molar-refractivity contribution in [1.82, 2.24) is 9.97 Å². The van der Waals surface area contributed by atoms with Crippen LogP contribution >= 0.6 is 15.9 Å². The number of H-pyrrole nitrogens is 1. The minimum atomic E-state index is -0.166. The highest BCUT2D eigenvalue weighted by Crippen LogP contribution is 2.23. The van der Waals surface area contributed by atoms with E-state index in [2.05, 4.69) is 31.2 Å². The van der Waals surface area contributed by atoms with Crippen molar-refractivity contribution in [3.05, 3.63) is 57.8 Å². The van der Waals surface area contributed by atoms with Gasteiger partial charge in [0.15, 0.2) is 0 Å². The molecular weight excluding hydrogens is 330 g/mol. The van der Waals surface area contributed by atoms with E-state index in [1.54, 1.807) is 6.07 Å². The van der Waals surface area contributed by atoms with Gasteiger partial charge in [-0.25, -0.2) is 4.98 Å². The number of amides is 1. The average Bonchev–Trinajstić information content (AvgIpc) is 2.74. The van der Waals surface area contributed by atoms with Crippen molar-refractivity contribution < 1.29 is 4.79 Å². The molecule has 1 amide bonds. The second-order valence-electron chi connectivity index (χ2n) is 4.94. The summed E-state index contributed by atoms with van der Waals surface area (Å²) >= 11 is 3.29. The van der Waals surface area contributed by atoms with Gasteiger partial charge in [0.2, 0.25) is 0 Å². The van der Waals surface area contributed by atoms with Gasteiger partial charge in [0.05, 0.1) is 0 Å². The number of aromatic nitrogens is 2. The minimum absolute atomic E-state index is 0.166. The van der Waals surface area contributed by atoms with Crippen LogP contribution in [0.2, 0.25) is 0 Å². The van der Waals surface area contributed by atoms with Gasteiger partial charge in [-0.1, -0.05) is 6.07 Å². The van der Waals surface area contributed by atoms with Crippen LogP contribution in [0.4, 0.5) is 5.82 Å². The molecule has 0 saturated carbocycles. The Morgan fingerprint density at radius 1 is 1.24 bits per heavy atom. The lowest BCUT2D eigenvalue weighted by Gasteiger charge is -2.05. The largest absolute Gasteiger partial charge is 0.358 e. The molecular formula is C16H14BrN3O. The van der Waals surface area contributed by atoms with Gasteiger partial charge in [-0.15, -0.1) is 0 Å². The number of carbonyl (C=O) groups excluding carboxylic acids is 1.